The number of nitrogens with two attached hydrogens (primary N) is 1. The van der Waals surface area contributed by atoms with Crippen LogP contribution in [0.3, 0.4) is 0 Å². The summed E-state index contributed by atoms with van der Waals surface area (Å²) in [6, 6.07) is 15.6. The van der Waals surface area contributed by atoms with Gasteiger partial charge in [-0.3, -0.25) is 0 Å². The lowest BCUT2D eigenvalue weighted by molar-refractivity contribution is 0.474. The largest absolute Gasteiger partial charge is 0.508 e. The smallest absolute Gasteiger partial charge is 0.115 e. The van der Waals surface area contributed by atoms with Crippen LogP contribution in [0.4, 0.5) is 0 Å². The Morgan fingerprint density at radius 2 is 1.68 bits per heavy atom. The third kappa shape index (κ3) is 4.08. The maximum atomic E-state index is 9.29. The highest BCUT2D eigenvalue weighted by atomic mass is 79.9. The molecule has 2 nitrogen and oxygen atoms in total. The zero-order valence-electron chi connectivity index (χ0n) is 10.7. The Morgan fingerprint density at radius 3 is 2.32 bits per heavy atom. The number of aromatic hydroxyl groups is 1. The highest BCUT2D eigenvalue weighted by Gasteiger charge is 2.11. The van der Waals surface area contributed by atoms with E-state index in [0.29, 0.717) is 18.2 Å². The summed E-state index contributed by atoms with van der Waals surface area (Å²) < 4.78 is 1.14. The van der Waals surface area contributed by atoms with Gasteiger partial charge in [0.2, 0.25) is 0 Å². The van der Waals surface area contributed by atoms with E-state index in [-0.39, 0.29) is 0 Å². The van der Waals surface area contributed by atoms with Crippen molar-refractivity contribution in [1.29, 1.82) is 0 Å². The average molecular weight is 320 g/mol. The van der Waals surface area contributed by atoms with E-state index in [1.807, 2.05) is 24.3 Å². The van der Waals surface area contributed by atoms with E-state index in [1.165, 1.54) is 11.1 Å². The SMILES string of the molecule is NCC(Cc1ccc(O)cc1)Cc1ccccc1Br. The first-order chi connectivity index (χ1) is 9.19. The molecule has 2 aromatic carbocycles. The highest BCUT2D eigenvalue weighted by Crippen LogP contribution is 2.21. The summed E-state index contributed by atoms with van der Waals surface area (Å²) in [5.74, 6) is 0.710. The van der Waals surface area contributed by atoms with Crippen molar-refractivity contribution in [2.45, 2.75) is 12.8 Å². The minimum atomic E-state index is 0.304. The van der Waals surface area contributed by atoms with Crippen LogP contribution >= 0.6 is 15.9 Å². The molecule has 0 bridgehead atoms. The quantitative estimate of drug-likeness (QED) is 0.885. The first-order valence-corrected chi connectivity index (χ1v) is 7.19. The predicted octanol–water partition coefficient (Wildman–Crippen LogP) is 3.51. The van der Waals surface area contributed by atoms with Gasteiger partial charge in [0.25, 0.3) is 0 Å². The molecule has 0 aromatic heterocycles. The second-order valence-corrected chi connectivity index (χ2v) is 5.62. The Balaban J connectivity index is 2.05. The Morgan fingerprint density at radius 1 is 1.00 bits per heavy atom. The molecule has 0 saturated heterocycles. The van der Waals surface area contributed by atoms with Crippen molar-refractivity contribution in [2.24, 2.45) is 11.7 Å². The first-order valence-electron chi connectivity index (χ1n) is 6.40. The van der Waals surface area contributed by atoms with Crippen LogP contribution in [0.2, 0.25) is 0 Å². The van der Waals surface area contributed by atoms with Crippen LogP contribution in [-0.2, 0) is 12.8 Å². The average Bonchev–Trinajstić information content (AvgIpc) is 2.43. The molecule has 0 aliphatic carbocycles. The normalized spacial score (nSPS) is 12.3. The van der Waals surface area contributed by atoms with E-state index in [4.69, 9.17) is 5.73 Å². The van der Waals surface area contributed by atoms with Gasteiger partial charge in [-0.05, 0) is 54.6 Å². The Hall–Kier alpha value is -1.32. The summed E-state index contributed by atoms with van der Waals surface area (Å²) in [5.41, 5.74) is 8.38. The minimum Gasteiger partial charge on any atom is -0.508 e. The Labute approximate surface area is 122 Å². The van der Waals surface area contributed by atoms with Crippen LogP contribution in [0.5, 0.6) is 5.75 Å². The van der Waals surface area contributed by atoms with Gasteiger partial charge in [0.05, 0.1) is 0 Å². The van der Waals surface area contributed by atoms with Crippen molar-refractivity contribution in [3.05, 3.63) is 64.1 Å². The van der Waals surface area contributed by atoms with Crippen molar-refractivity contribution in [3.63, 3.8) is 0 Å². The minimum absolute atomic E-state index is 0.304. The number of phenolic OH excluding ortho intramolecular Hbond substituents is 1. The van der Waals surface area contributed by atoms with Crippen LogP contribution < -0.4 is 5.73 Å². The van der Waals surface area contributed by atoms with E-state index in [9.17, 15) is 5.11 Å². The summed E-state index contributed by atoms with van der Waals surface area (Å²) in [5, 5.41) is 9.29. The lowest BCUT2D eigenvalue weighted by Gasteiger charge is -2.16. The molecule has 1 atom stereocenters. The standard InChI is InChI=1S/C16H18BrNO/c17-16-4-2-1-3-14(16)10-13(11-18)9-12-5-7-15(19)8-6-12/h1-8,13,19H,9-11,18H2. The van der Waals surface area contributed by atoms with Crippen molar-refractivity contribution >= 4 is 15.9 Å². The van der Waals surface area contributed by atoms with Gasteiger partial charge in [-0.15, -0.1) is 0 Å². The van der Waals surface area contributed by atoms with Crippen molar-refractivity contribution in [3.8, 4) is 5.75 Å². The molecule has 3 heteroatoms. The lowest BCUT2D eigenvalue weighted by Crippen LogP contribution is -2.19. The number of hydrogen-bond acceptors (Lipinski definition) is 2. The van der Waals surface area contributed by atoms with Crippen LogP contribution in [0, 0.1) is 5.92 Å². The van der Waals surface area contributed by atoms with Gasteiger partial charge in [0.1, 0.15) is 5.75 Å². The maximum Gasteiger partial charge on any atom is 0.115 e. The van der Waals surface area contributed by atoms with E-state index in [1.54, 1.807) is 12.1 Å². The van der Waals surface area contributed by atoms with Gasteiger partial charge in [-0.2, -0.15) is 0 Å². The molecule has 100 valence electrons. The van der Waals surface area contributed by atoms with Gasteiger partial charge in [-0.25, -0.2) is 0 Å². The first kappa shape index (κ1) is 14.1. The fourth-order valence-corrected chi connectivity index (χ4v) is 2.63. The summed E-state index contributed by atoms with van der Waals surface area (Å²) in [4.78, 5) is 0. The predicted molar refractivity (Wildman–Crippen MR) is 82.2 cm³/mol. The molecule has 0 heterocycles. The molecule has 0 aliphatic heterocycles. The Bertz CT molecular complexity index is 525. The molecule has 19 heavy (non-hydrogen) atoms. The maximum absolute atomic E-state index is 9.29. The molecular weight excluding hydrogens is 302 g/mol. The van der Waals surface area contributed by atoms with Crippen molar-refractivity contribution in [1.82, 2.24) is 0 Å². The molecule has 0 saturated carbocycles. The third-order valence-electron chi connectivity index (χ3n) is 3.26. The second kappa shape index (κ2) is 6.73. The number of rotatable bonds is 5. The third-order valence-corrected chi connectivity index (χ3v) is 4.03. The molecule has 0 amide bonds. The highest BCUT2D eigenvalue weighted by molar-refractivity contribution is 9.10. The van der Waals surface area contributed by atoms with Gasteiger partial charge in [-0.1, -0.05) is 46.3 Å². The summed E-state index contributed by atoms with van der Waals surface area (Å²) in [6.07, 6.45) is 1.89. The van der Waals surface area contributed by atoms with E-state index >= 15 is 0 Å². The molecule has 0 radical (unpaired) electrons. The number of benzene rings is 2. The molecule has 0 fully saturated rings. The summed E-state index contributed by atoms with van der Waals surface area (Å²) in [6.45, 7) is 0.655. The van der Waals surface area contributed by atoms with Gasteiger partial charge in [0.15, 0.2) is 0 Å². The van der Waals surface area contributed by atoms with Crippen LogP contribution in [0.25, 0.3) is 0 Å². The van der Waals surface area contributed by atoms with Crippen LogP contribution in [0.15, 0.2) is 53.0 Å². The second-order valence-electron chi connectivity index (χ2n) is 4.77. The molecule has 2 rings (SSSR count). The molecule has 3 N–H and O–H groups in total. The fourth-order valence-electron chi connectivity index (χ4n) is 2.18. The number of phenols is 1. The zero-order valence-corrected chi connectivity index (χ0v) is 12.3. The Kier molecular flexibility index (Phi) is 5.00. The van der Waals surface area contributed by atoms with E-state index in [0.717, 1.165) is 17.3 Å². The zero-order chi connectivity index (χ0) is 13.7. The van der Waals surface area contributed by atoms with Gasteiger partial charge >= 0.3 is 0 Å². The summed E-state index contributed by atoms with van der Waals surface area (Å²) >= 11 is 3.58. The summed E-state index contributed by atoms with van der Waals surface area (Å²) in [7, 11) is 0. The fraction of sp³-hybridized carbons (Fsp3) is 0.250. The van der Waals surface area contributed by atoms with E-state index < -0.39 is 0 Å². The number of halogens is 1. The topological polar surface area (TPSA) is 46.2 Å². The molecule has 0 aliphatic rings. The molecule has 2 aromatic rings. The van der Waals surface area contributed by atoms with Crippen LogP contribution in [-0.4, -0.2) is 11.7 Å². The van der Waals surface area contributed by atoms with Crippen molar-refractivity contribution in [2.75, 3.05) is 6.54 Å². The number of hydrogen-bond donors (Lipinski definition) is 2. The van der Waals surface area contributed by atoms with E-state index in [2.05, 4.69) is 28.1 Å². The lowest BCUT2D eigenvalue weighted by atomic mass is 9.92. The van der Waals surface area contributed by atoms with Gasteiger partial charge in [0, 0.05) is 4.47 Å². The molecular formula is C16H18BrNO. The van der Waals surface area contributed by atoms with Gasteiger partial charge < -0.3 is 10.8 Å². The van der Waals surface area contributed by atoms with Crippen molar-refractivity contribution < 1.29 is 5.11 Å². The molecule has 0 spiro atoms. The monoisotopic (exact) mass is 319 g/mol. The van der Waals surface area contributed by atoms with Crippen LogP contribution in [0.1, 0.15) is 11.1 Å². The molecule has 1 unspecified atom stereocenters.